The fraction of sp³-hybridized carbons (Fsp3) is 0.211. The first-order valence-electron chi connectivity index (χ1n) is 7.54. The van der Waals surface area contributed by atoms with Gasteiger partial charge in [0.1, 0.15) is 5.82 Å². The van der Waals surface area contributed by atoms with Crippen LogP contribution in [0, 0.1) is 5.82 Å². The van der Waals surface area contributed by atoms with E-state index in [2.05, 4.69) is 0 Å². The zero-order valence-corrected chi connectivity index (χ0v) is 15.0. The van der Waals surface area contributed by atoms with Crippen molar-refractivity contribution in [2.75, 3.05) is 21.3 Å². The number of amides is 1. The Bertz CT molecular complexity index is 772. The SMILES string of the molecule is COc1ccc(/C=C/C(=O)N(C)Cc2c(F)cccc2Cl)cc1OC. The van der Waals surface area contributed by atoms with Crippen LogP contribution in [0.4, 0.5) is 4.39 Å². The first-order valence-corrected chi connectivity index (χ1v) is 7.92. The molecule has 6 heteroatoms. The molecule has 4 nitrogen and oxygen atoms in total. The molecule has 0 aliphatic heterocycles. The van der Waals surface area contributed by atoms with Crippen molar-refractivity contribution in [3.8, 4) is 11.5 Å². The Morgan fingerprint density at radius 3 is 2.56 bits per heavy atom. The van der Waals surface area contributed by atoms with E-state index in [1.807, 2.05) is 0 Å². The third kappa shape index (κ3) is 4.73. The van der Waals surface area contributed by atoms with E-state index in [1.54, 1.807) is 51.6 Å². The normalized spacial score (nSPS) is 10.8. The predicted octanol–water partition coefficient (Wildman–Crippen LogP) is 4.17. The van der Waals surface area contributed by atoms with Crippen LogP contribution >= 0.6 is 11.6 Å². The molecule has 2 aromatic carbocycles. The van der Waals surface area contributed by atoms with E-state index in [0.717, 1.165) is 5.56 Å². The summed E-state index contributed by atoms with van der Waals surface area (Å²) in [5, 5.41) is 0.295. The summed E-state index contributed by atoms with van der Waals surface area (Å²) in [6.45, 7) is 0.0839. The maximum Gasteiger partial charge on any atom is 0.246 e. The molecule has 0 aliphatic carbocycles. The van der Waals surface area contributed by atoms with Gasteiger partial charge in [-0.2, -0.15) is 0 Å². The predicted molar refractivity (Wildman–Crippen MR) is 96.5 cm³/mol. The quantitative estimate of drug-likeness (QED) is 0.723. The fourth-order valence-electron chi connectivity index (χ4n) is 2.25. The zero-order valence-electron chi connectivity index (χ0n) is 14.3. The van der Waals surface area contributed by atoms with Crippen molar-refractivity contribution in [3.05, 3.63) is 64.4 Å². The van der Waals surface area contributed by atoms with Crippen molar-refractivity contribution in [3.63, 3.8) is 0 Å². The van der Waals surface area contributed by atoms with Crippen LogP contribution < -0.4 is 9.47 Å². The Kier molecular flexibility index (Phi) is 6.42. The van der Waals surface area contributed by atoms with Gasteiger partial charge in [0.2, 0.25) is 5.91 Å². The number of halogens is 2. The lowest BCUT2D eigenvalue weighted by Gasteiger charge is -2.16. The molecule has 0 spiro atoms. The van der Waals surface area contributed by atoms with E-state index in [0.29, 0.717) is 22.1 Å². The first kappa shape index (κ1) is 18.8. The minimum absolute atomic E-state index is 0.0839. The molecule has 0 fully saturated rings. The molecular weight excluding hydrogens is 345 g/mol. The van der Waals surface area contributed by atoms with Crippen LogP contribution in [0.1, 0.15) is 11.1 Å². The summed E-state index contributed by atoms with van der Waals surface area (Å²) in [6, 6.07) is 9.76. The summed E-state index contributed by atoms with van der Waals surface area (Å²) in [5.41, 5.74) is 1.07. The average molecular weight is 364 g/mol. The van der Waals surface area contributed by atoms with Crippen molar-refractivity contribution in [1.82, 2.24) is 4.90 Å². The molecule has 1 amide bonds. The van der Waals surface area contributed by atoms with Gasteiger partial charge in [-0.1, -0.05) is 23.7 Å². The van der Waals surface area contributed by atoms with Gasteiger partial charge in [0.25, 0.3) is 0 Å². The molecule has 25 heavy (non-hydrogen) atoms. The molecule has 0 aliphatic rings. The van der Waals surface area contributed by atoms with Gasteiger partial charge in [0.15, 0.2) is 11.5 Å². The number of carbonyl (C=O) groups is 1. The number of methoxy groups -OCH3 is 2. The summed E-state index contributed by atoms with van der Waals surface area (Å²) in [7, 11) is 4.69. The highest BCUT2D eigenvalue weighted by Crippen LogP contribution is 2.28. The molecule has 132 valence electrons. The third-order valence-electron chi connectivity index (χ3n) is 3.66. The Labute approximate surface area is 151 Å². The van der Waals surface area contributed by atoms with E-state index >= 15 is 0 Å². The van der Waals surface area contributed by atoms with Crippen LogP contribution in [-0.4, -0.2) is 32.1 Å². The average Bonchev–Trinajstić information content (AvgIpc) is 2.62. The second kappa shape index (κ2) is 8.53. The summed E-state index contributed by atoms with van der Waals surface area (Å²) in [5.74, 6) is 0.478. The van der Waals surface area contributed by atoms with Crippen LogP contribution in [0.5, 0.6) is 11.5 Å². The highest BCUT2D eigenvalue weighted by Gasteiger charge is 2.12. The summed E-state index contributed by atoms with van der Waals surface area (Å²) in [4.78, 5) is 13.6. The monoisotopic (exact) mass is 363 g/mol. The minimum Gasteiger partial charge on any atom is -0.493 e. The number of hydrogen-bond donors (Lipinski definition) is 0. The highest BCUT2D eigenvalue weighted by atomic mass is 35.5. The molecule has 2 rings (SSSR count). The molecule has 0 saturated heterocycles. The van der Waals surface area contributed by atoms with Crippen LogP contribution in [0.15, 0.2) is 42.5 Å². The Morgan fingerprint density at radius 1 is 1.20 bits per heavy atom. The smallest absolute Gasteiger partial charge is 0.246 e. The largest absolute Gasteiger partial charge is 0.493 e. The molecule has 2 aromatic rings. The van der Waals surface area contributed by atoms with E-state index < -0.39 is 5.82 Å². The van der Waals surface area contributed by atoms with Gasteiger partial charge < -0.3 is 14.4 Å². The lowest BCUT2D eigenvalue weighted by molar-refractivity contribution is -0.125. The van der Waals surface area contributed by atoms with E-state index in [9.17, 15) is 9.18 Å². The van der Waals surface area contributed by atoms with Crippen molar-refractivity contribution in [1.29, 1.82) is 0 Å². The Morgan fingerprint density at radius 2 is 1.92 bits per heavy atom. The molecule has 0 saturated carbocycles. The minimum atomic E-state index is -0.434. The van der Waals surface area contributed by atoms with Gasteiger partial charge >= 0.3 is 0 Å². The van der Waals surface area contributed by atoms with Gasteiger partial charge in [0.05, 0.1) is 14.2 Å². The summed E-state index contributed by atoms with van der Waals surface area (Å²) in [6.07, 6.45) is 3.07. The second-order valence-corrected chi connectivity index (χ2v) is 5.75. The van der Waals surface area contributed by atoms with Crippen molar-refractivity contribution in [2.24, 2.45) is 0 Å². The highest BCUT2D eigenvalue weighted by molar-refractivity contribution is 6.31. The molecule has 0 radical (unpaired) electrons. The van der Waals surface area contributed by atoms with Gasteiger partial charge in [-0.25, -0.2) is 4.39 Å². The fourth-order valence-corrected chi connectivity index (χ4v) is 2.47. The van der Waals surface area contributed by atoms with Gasteiger partial charge in [-0.15, -0.1) is 0 Å². The molecular formula is C19H19ClFNO3. The van der Waals surface area contributed by atoms with E-state index in [-0.39, 0.29) is 12.5 Å². The maximum absolute atomic E-state index is 13.8. The number of rotatable bonds is 6. The van der Waals surface area contributed by atoms with E-state index in [1.165, 1.54) is 23.1 Å². The Balaban J connectivity index is 2.09. The lowest BCUT2D eigenvalue weighted by Crippen LogP contribution is -2.24. The Hall–Kier alpha value is -2.53. The third-order valence-corrected chi connectivity index (χ3v) is 4.01. The molecule has 0 aromatic heterocycles. The molecule has 0 N–H and O–H groups in total. The summed E-state index contributed by atoms with van der Waals surface area (Å²) < 4.78 is 24.2. The number of hydrogen-bond acceptors (Lipinski definition) is 3. The van der Waals surface area contributed by atoms with Crippen LogP contribution in [0.25, 0.3) is 6.08 Å². The van der Waals surface area contributed by atoms with Crippen molar-refractivity contribution in [2.45, 2.75) is 6.54 Å². The number of carbonyl (C=O) groups excluding carboxylic acids is 1. The molecule has 0 bridgehead atoms. The topological polar surface area (TPSA) is 38.8 Å². The van der Waals surface area contributed by atoms with Crippen molar-refractivity contribution >= 4 is 23.6 Å². The molecule has 0 unspecified atom stereocenters. The van der Waals surface area contributed by atoms with Crippen LogP contribution in [0.2, 0.25) is 5.02 Å². The van der Waals surface area contributed by atoms with Crippen molar-refractivity contribution < 1.29 is 18.7 Å². The zero-order chi connectivity index (χ0) is 18.4. The number of likely N-dealkylation sites (N-methyl/N-ethyl adjacent to an activating group) is 1. The molecule has 0 atom stereocenters. The number of ether oxygens (including phenoxy) is 2. The van der Waals surface area contributed by atoms with Crippen LogP contribution in [0.3, 0.4) is 0 Å². The second-order valence-electron chi connectivity index (χ2n) is 5.34. The lowest BCUT2D eigenvalue weighted by atomic mass is 10.1. The standard InChI is InChI=1S/C19H19ClFNO3/c1-22(12-14-15(20)5-4-6-16(14)21)19(23)10-8-13-7-9-17(24-2)18(11-13)25-3/h4-11H,12H2,1-3H3/b10-8+. The first-order chi connectivity index (χ1) is 12.0. The number of nitrogens with zero attached hydrogens (tertiary/aromatic N) is 1. The van der Waals surface area contributed by atoms with Gasteiger partial charge in [-0.05, 0) is 35.9 Å². The van der Waals surface area contributed by atoms with Gasteiger partial charge in [-0.3, -0.25) is 4.79 Å². The van der Waals surface area contributed by atoms with E-state index in [4.69, 9.17) is 21.1 Å². The van der Waals surface area contributed by atoms with Crippen LogP contribution in [-0.2, 0) is 11.3 Å². The number of benzene rings is 2. The molecule has 0 heterocycles. The maximum atomic E-state index is 13.8. The summed E-state index contributed by atoms with van der Waals surface area (Å²) >= 11 is 5.99. The van der Waals surface area contributed by atoms with Gasteiger partial charge in [0, 0.05) is 30.3 Å².